The summed E-state index contributed by atoms with van der Waals surface area (Å²) in [6, 6.07) is 16.0. The molecule has 3 aromatic carbocycles. The van der Waals surface area contributed by atoms with Crippen molar-refractivity contribution >= 4 is 35.1 Å². The number of rotatable bonds is 8. The van der Waals surface area contributed by atoms with Crippen molar-refractivity contribution in [2.75, 3.05) is 13.7 Å². The number of hydrogen-bond donors (Lipinski definition) is 2. The number of amides is 1. The lowest BCUT2D eigenvalue weighted by molar-refractivity contribution is -0.145. The number of ether oxygens (including phenoxy) is 2. The Kier molecular flexibility index (Phi) is 8.20. The van der Waals surface area contributed by atoms with E-state index in [2.05, 4.69) is 5.32 Å². The van der Waals surface area contributed by atoms with E-state index >= 15 is 0 Å². The number of esters is 1. The SMILES string of the molecule is CCOC(=O)[C@H](Cc1ccc(-c2c(O)cccc2OC)cc1)NC(=O)c1c(Cl)cccc1Cl. The molecule has 6 nitrogen and oxygen atoms in total. The van der Waals surface area contributed by atoms with Gasteiger partial charge in [-0.15, -0.1) is 0 Å². The fraction of sp³-hybridized carbons (Fsp3) is 0.200. The Hall–Kier alpha value is -3.22. The van der Waals surface area contributed by atoms with Crippen molar-refractivity contribution in [3.05, 3.63) is 81.8 Å². The molecule has 33 heavy (non-hydrogen) atoms. The third kappa shape index (κ3) is 5.78. The number of aromatic hydroxyl groups is 1. The summed E-state index contributed by atoms with van der Waals surface area (Å²) in [5, 5.41) is 13.3. The van der Waals surface area contributed by atoms with Crippen LogP contribution >= 0.6 is 23.2 Å². The highest BCUT2D eigenvalue weighted by Crippen LogP contribution is 2.37. The maximum absolute atomic E-state index is 12.8. The van der Waals surface area contributed by atoms with Crippen LogP contribution in [0.2, 0.25) is 10.0 Å². The molecule has 0 heterocycles. The molecule has 0 saturated heterocycles. The molecule has 0 spiro atoms. The molecule has 1 amide bonds. The summed E-state index contributed by atoms with van der Waals surface area (Å²) < 4.78 is 10.5. The Labute approximate surface area is 202 Å². The minimum absolute atomic E-state index is 0.0929. The maximum atomic E-state index is 12.8. The van der Waals surface area contributed by atoms with E-state index in [-0.39, 0.29) is 34.4 Å². The monoisotopic (exact) mass is 487 g/mol. The van der Waals surface area contributed by atoms with Crippen molar-refractivity contribution in [1.82, 2.24) is 5.32 Å². The lowest BCUT2D eigenvalue weighted by atomic mass is 9.99. The number of carbonyl (C=O) groups excluding carboxylic acids is 2. The van der Waals surface area contributed by atoms with Gasteiger partial charge in [0.2, 0.25) is 0 Å². The van der Waals surface area contributed by atoms with E-state index in [0.29, 0.717) is 11.3 Å². The Balaban J connectivity index is 1.84. The van der Waals surface area contributed by atoms with Crippen LogP contribution in [0.3, 0.4) is 0 Å². The highest BCUT2D eigenvalue weighted by molar-refractivity contribution is 6.39. The highest BCUT2D eigenvalue weighted by Gasteiger charge is 2.25. The minimum Gasteiger partial charge on any atom is -0.507 e. The molecule has 0 saturated carbocycles. The van der Waals surface area contributed by atoms with Gasteiger partial charge in [0.05, 0.1) is 34.9 Å². The standard InChI is InChI=1S/C25H23Cl2NO5/c1-3-33-25(31)19(28-24(30)23-17(26)6-4-7-18(23)27)14-15-10-12-16(13-11-15)22-20(29)8-5-9-21(22)32-2/h4-13,19,29H,3,14H2,1-2H3,(H,28,30)/t19-/m0/s1. The number of hydrogen-bond acceptors (Lipinski definition) is 5. The first-order chi connectivity index (χ1) is 15.8. The predicted octanol–water partition coefficient (Wildman–Crippen LogP) is 5.28. The molecule has 0 aromatic heterocycles. The molecule has 1 atom stereocenters. The van der Waals surface area contributed by atoms with Gasteiger partial charge >= 0.3 is 5.97 Å². The Bertz CT molecular complexity index is 1130. The second-order valence-corrected chi connectivity index (χ2v) is 7.94. The van der Waals surface area contributed by atoms with Crippen LogP contribution in [0.4, 0.5) is 0 Å². The molecule has 3 aromatic rings. The molecule has 2 N–H and O–H groups in total. The van der Waals surface area contributed by atoms with Crippen LogP contribution in [0.25, 0.3) is 11.1 Å². The maximum Gasteiger partial charge on any atom is 0.328 e. The number of phenolic OH excluding ortho intramolecular Hbond substituents is 1. The van der Waals surface area contributed by atoms with Crippen molar-refractivity contribution in [3.8, 4) is 22.6 Å². The summed E-state index contributed by atoms with van der Waals surface area (Å²) in [7, 11) is 1.53. The van der Waals surface area contributed by atoms with Crippen LogP contribution in [0.1, 0.15) is 22.8 Å². The zero-order chi connectivity index (χ0) is 24.0. The van der Waals surface area contributed by atoms with Crippen LogP contribution < -0.4 is 10.1 Å². The van der Waals surface area contributed by atoms with Gasteiger partial charge in [0, 0.05) is 6.42 Å². The van der Waals surface area contributed by atoms with E-state index < -0.39 is 17.9 Å². The van der Waals surface area contributed by atoms with E-state index in [9.17, 15) is 14.7 Å². The number of carbonyl (C=O) groups is 2. The summed E-state index contributed by atoms with van der Waals surface area (Å²) in [5.74, 6) is -0.508. The molecule has 0 bridgehead atoms. The molecule has 0 unspecified atom stereocenters. The quantitative estimate of drug-likeness (QED) is 0.422. The first kappa shape index (κ1) is 24.4. The molecular formula is C25H23Cl2NO5. The molecule has 0 radical (unpaired) electrons. The number of halogens is 2. The second kappa shape index (κ2) is 11.1. The zero-order valence-electron chi connectivity index (χ0n) is 18.1. The van der Waals surface area contributed by atoms with Gasteiger partial charge in [-0.2, -0.15) is 0 Å². The molecule has 3 rings (SSSR count). The summed E-state index contributed by atoms with van der Waals surface area (Å²) in [4.78, 5) is 25.4. The van der Waals surface area contributed by atoms with Gasteiger partial charge in [-0.25, -0.2) is 4.79 Å². The van der Waals surface area contributed by atoms with E-state index in [1.165, 1.54) is 7.11 Å². The van der Waals surface area contributed by atoms with Crippen molar-refractivity contribution < 1.29 is 24.2 Å². The molecular weight excluding hydrogens is 465 g/mol. The lowest BCUT2D eigenvalue weighted by Crippen LogP contribution is -2.43. The van der Waals surface area contributed by atoms with Crippen molar-refractivity contribution in [2.45, 2.75) is 19.4 Å². The summed E-state index contributed by atoms with van der Waals surface area (Å²) in [6.45, 7) is 1.86. The summed E-state index contributed by atoms with van der Waals surface area (Å²) >= 11 is 12.3. The molecule has 8 heteroatoms. The van der Waals surface area contributed by atoms with Gasteiger partial charge in [-0.3, -0.25) is 4.79 Å². The second-order valence-electron chi connectivity index (χ2n) is 7.13. The van der Waals surface area contributed by atoms with Crippen LogP contribution in [-0.4, -0.2) is 36.7 Å². The first-order valence-electron chi connectivity index (χ1n) is 10.2. The Morgan fingerprint density at radius 2 is 1.64 bits per heavy atom. The topological polar surface area (TPSA) is 84.9 Å². The van der Waals surface area contributed by atoms with Crippen molar-refractivity contribution in [2.24, 2.45) is 0 Å². The van der Waals surface area contributed by atoms with Gasteiger partial charge in [-0.05, 0) is 42.3 Å². The van der Waals surface area contributed by atoms with Gasteiger partial charge in [0.15, 0.2) is 0 Å². The number of nitrogens with one attached hydrogen (secondary N) is 1. The predicted molar refractivity (Wildman–Crippen MR) is 128 cm³/mol. The van der Waals surface area contributed by atoms with E-state index in [4.69, 9.17) is 32.7 Å². The number of methoxy groups -OCH3 is 1. The fourth-order valence-corrected chi connectivity index (χ4v) is 3.97. The molecule has 0 fully saturated rings. The summed E-state index contributed by atoms with van der Waals surface area (Å²) in [5.41, 5.74) is 2.18. The van der Waals surface area contributed by atoms with Gasteiger partial charge in [0.1, 0.15) is 17.5 Å². The van der Waals surface area contributed by atoms with Gasteiger partial charge in [0.25, 0.3) is 5.91 Å². The lowest BCUT2D eigenvalue weighted by Gasteiger charge is -2.18. The fourth-order valence-electron chi connectivity index (χ4n) is 3.40. The largest absolute Gasteiger partial charge is 0.507 e. The van der Waals surface area contributed by atoms with E-state index in [1.807, 2.05) is 24.3 Å². The normalized spacial score (nSPS) is 11.5. The van der Waals surface area contributed by atoms with Gasteiger partial charge in [-0.1, -0.05) is 59.6 Å². The van der Waals surface area contributed by atoms with Crippen LogP contribution in [0.15, 0.2) is 60.7 Å². The molecule has 0 aliphatic carbocycles. The Morgan fingerprint density at radius 3 is 2.24 bits per heavy atom. The average Bonchev–Trinajstić information content (AvgIpc) is 2.79. The number of phenols is 1. The third-order valence-corrected chi connectivity index (χ3v) is 5.60. The minimum atomic E-state index is -0.949. The first-order valence-corrected chi connectivity index (χ1v) is 11.0. The highest BCUT2D eigenvalue weighted by atomic mass is 35.5. The third-order valence-electron chi connectivity index (χ3n) is 4.97. The molecule has 0 aliphatic heterocycles. The average molecular weight is 488 g/mol. The Morgan fingerprint density at radius 1 is 1.00 bits per heavy atom. The van der Waals surface area contributed by atoms with Crippen molar-refractivity contribution in [1.29, 1.82) is 0 Å². The molecule has 0 aliphatic rings. The van der Waals surface area contributed by atoms with E-state index in [0.717, 1.165) is 11.1 Å². The van der Waals surface area contributed by atoms with E-state index in [1.54, 1.807) is 43.3 Å². The molecule has 172 valence electrons. The zero-order valence-corrected chi connectivity index (χ0v) is 19.6. The van der Waals surface area contributed by atoms with Crippen molar-refractivity contribution in [3.63, 3.8) is 0 Å². The van der Waals surface area contributed by atoms with Crippen LogP contribution in [-0.2, 0) is 16.0 Å². The smallest absolute Gasteiger partial charge is 0.328 e. The van der Waals surface area contributed by atoms with Crippen LogP contribution in [0.5, 0.6) is 11.5 Å². The summed E-state index contributed by atoms with van der Waals surface area (Å²) in [6.07, 6.45) is 0.185. The van der Waals surface area contributed by atoms with Gasteiger partial charge < -0.3 is 19.9 Å². The van der Waals surface area contributed by atoms with Crippen LogP contribution in [0, 0.1) is 0 Å². The number of benzene rings is 3.